The Labute approximate surface area is 241 Å². The van der Waals surface area contributed by atoms with Gasteiger partial charge in [-0.1, -0.05) is 33.1 Å². The van der Waals surface area contributed by atoms with Gasteiger partial charge < -0.3 is 16.4 Å². The molecule has 7 heteroatoms. The van der Waals surface area contributed by atoms with Gasteiger partial charge in [-0.3, -0.25) is 15.0 Å². The summed E-state index contributed by atoms with van der Waals surface area (Å²) in [5, 5.41) is 6.80. The van der Waals surface area contributed by atoms with Gasteiger partial charge in [-0.2, -0.15) is 0 Å². The molecular weight excluding hydrogens is 512 g/mol. The van der Waals surface area contributed by atoms with Crippen LogP contribution in [0.3, 0.4) is 0 Å². The summed E-state index contributed by atoms with van der Waals surface area (Å²) in [5.74, 6) is 0. The number of pyridine rings is 3. The molecule has 0 atom stereocenters. The molecule has 0 aliphatic carbocycles. The third-order valence-corrected chi connectivity index (χ3v) is 7.36. The number of nitrogens with one attached hydrogen (secondary N) is 2. The molecular formula is C33H36N6S. The molecule has 0 aliphatic heterocycles. The number of nitrogen functional groups attached to an aromatic ring is 1. The molecule has 0 fully saturated rings. The SMILES string of the molecule is C#C.C=C(CCC)Nc1cncc(-c2cc(CC(=C)Nc3ccnc(-c4ccc(C(=C)C)s4)c3C)c(N)cn2)c1. The van der Waals surface area contributed by atoms with Crippen LogP contribution >= 0.6 is 11.3 Å². The summed E-state index contributed by atoms with van der Waals surface area (Å²) in [6.45, 7) is 18.6. The molecule has 4 aromatic rings. The minimum absolute atomic E-state index is 0.552. The molecule has 4 aromatic heterocycles. The first kappa shape index (κ1) is 29.9. The van der Waals surface area contributed by atoms with Gasteiger partial charge in [0, 0.05) is 46.3 Å². The molecule has 4 rings (SSSR count). The summed E-state index contributed by atoms with van der Waals surface area (Å²) < 4.78 is 0. The van der Waals surface area contributed by atoms with Crippen molar-refractivity contribution in [1.82, 2.24) is 15.0 Å². The van der Waals surface area contributed by atoms with Crippen LogP contribution < -0.4 is 16.4 Å². The van der Waals surface area contributed by atoms with Crippen LogP contribution in [0.1, 0.15) is 42.7 Å². The molecule has 0 saturated carbocycles. The van der Waals surface area contributed by atoms with Gasteiger partial charge in [0.15, 0.2) is 0 Å². The topological polar surface area (TPSA) is 88.8 Å². The second-order valence-corrected chi connectivity index (χ2v) is 10.5. The normalized spacial score (nSPS) is 10.2. The van der Waals surface area contributed by atoms with Crippen molar-refractivity contribution in [2.24, 2.45) is 0 Å². The van der Waals surface area contributed by atoms with Crippen LogP contribution in [0.25, 0.3) is 27.4 Å². The highest BCUT2D eigenvalue weighted by molar-refractivity contribution is 7.16. The van der Waals surface area contributed by atoms with Crippen LogP contribution in [0.15, 0.2) is 86.3 Å². The van der Waals surface area contributed by atoms with Gasteiger partial charge in [-0.25, -0.2) is 0 Å². The van der Waals surface area contributed by atoms with E-state index in [1.165, 1.54) is 0 Å². The third-order valence-electron chi connectivity index (χ3n) is 6.11. The zero-order valence-corrected chi connectivity index (χ0v) is 24.2. The molecule has 4 N–H and O–H groups in total. The van der Waals surface area contributed by atoms with E-state index in [1.54, 1.807) is 29.9 Å². The predicted octanol–water partition coefficient (Wildman–Crippen LogP) is 8.33. The number of aromatic nitrogens is 3. The Morgan fingerprint density at radius 2 is 1.77 bits per heavy atom. The molecule has 0 radical (unpaired) electrons. The second-order valence-electron chi connectivity index (χ2n) is 9.39. The molecule has 0 unspecified atom stereocenters. The Bertz CT molecular complexity index is 1550. The number of nitrogens with zero attached hydrogens (tertiary/aromatic N) is 3. The molecule has 0 aliphatic rings. The van der Waals surface area contributed by atoms with Crippen molar-refractivity contribution < 1.29 is 0 Å². The van der Waals surface area contributed by atoms with Gasteiger partial charge in [-0.05, 0) is 67.3 Å². The molecule has 4 heterocycles. The van der Waals surface area contributed by atoms with Gasteiger partial charge in [-0.15, -0.1) is 24.2 Å². The fourth-order valence-corrected chi connectivity index (χ4v) is 5.10. The Hall–Kier alpha value is -4.67. The maximum atomic E-state index is 6.31. The minimum atomic E-state index is 0.552. The lowest BCUT2D eigenvalue weighted by Crippen LogP contribution is -2.06. The van der Waals surface area contributed by atoms with Crippen molar-refractivity contribution in [3.8, 4) is 34.7 Å². The summed E-state index contributed by atoms with van der Waals surface area (Å²) in [5.41, 5.74) is 16.3. The molecule has 204 valence electrons. The number of terminal acetylenes is 1. The lowest BCUT2D eigenvalue weighted by Gasteiger charge is -2.15. The Morgan fingerprint density at radius 3 is 2.48 bits per heavy atom. The summed E-state index contributed by atoms with van der Waals surface area (Å²) in [4.78, 5) is 15.8. The fourth-order valence-electron chi connectivity index (χ4n) is 4.11. The number of allylic oxidation sites excluding steroid dienone is 3. The van der Waals surface area contributed by atoms with Crippen LogP contribution in [-0.4, -0.2) is 15.0 Å². The van der Waals surface area contributed by atoms with Gasteiger partial charge >= 0.3 is 0 Å². The lowest BCUT2D eigenvalue weighted by atomic mass is 10.1. The van der Waals surface area contributed by atoms with E-state index in [1.807, 2.05) is 31.3 Å². The van der Waals surface area contributed by atoms with Crippen LogP contribution in [0, 0.1) is 19.8 Å². The molecule has 0 aromatic carbocycles. The lowest BCUT2D eigenvalue weighted by molar-refractivity contribution is 0.913. The Balaban J connectivity index is 0.00000216. The van der Waals surface area contributed by atoms with Crippen molar-refractivity contribution in [1.29, 1.82) is 0 Å². The summed E-state index contributed by atoms with van der Waals surface area (Å²) in [6.07, 6.45) is 17.6. The van der Waals surface area contributed by atoms with Gasteiger partial charge in [0.2, 0.25) is 0 Å². The summed E-state index contributed by atoms with van der Waals surface area (Å²) in [7, 11) is 0. The third kappa shape index (κ3) is 7.46. The first-order valence-electron chi connectivity index (χ1n) is 12.9. The monoisotopic (exact) mass is 548 g/mol. The molecule has 0 saturated heterocycles. The number of rotatable bonds is 11. The van der Waals surface area contributed by atoms with E-state index in [9.17, 15) is 0 Å². The molecule has 0 amide bonds. The highest BCUT2D eigenvalue weighted by atomic mass is 32.1. The highest BCUT2D eigenvalue weighted by Gasteiger charge is 2.13. The fraction of sp³-hybridized carbons (Fsp3) is 0.182. The van der Waals surface area contributed by atoms with E-state index in [0.717, 1.165) is 79.0 Å². The standard InChI is InChI=1S/C31H34N6S.C2H2/c1-7-8-20(4)36-25-14-24(16-33-17-25)28-15-23(26(32)18-35-28)13-21(5)37-27-11-12-34-31(22(27)6)30-10-9-29(38-30)19(2)3;1-2/h9-12,14-18,36H,2,4-5,7-8,13,32H2,1,3,6H3,(H,34,37);1-2H. The second kappa shape index (κ2) is 13.9. The average molecular weight is 549 g/mol. The highest BCUT2D eigenvalue weighted by Crippen LogP contribution is 2.34. The van der Waals surface area contributed by atoms with E-state index in [0.29, 0.717) is 12.1 Å². The van der Waals surface area contributed by atoms with Crippen molar-refractivity contribution >= 4 is 34.0 Å². The molecule has 40 heavy (non-hydrogen) atoms. The zero-order valence-electron chi connectivity index (χ0n) is 23.4. The first-order valence-corrected chi connectivity index (χ1v) is 13.7. The maximum Gasteiger partial charge on any atom is 0.0851 e. The molecule has 6 nitrogen and oxygen atoms in total. The number of nitrogens with two attached hydrogens (primary N) is 1. The average Bonchev–Trinajstić information content (AvgIpc) is 3.43. The van der Waals surface area contributed by atoms with E-state index in [2.05, 4.69) is 84.1 Å². The molecule has 0 bridgehead atoms. The van der Waals surface area contributed by atoms with E-state index < -0.39 is 0 Å². The Morgan fingerprint density at radius 1 is 1.00 bits per heavy atom. The summed E-state index contributed by atoms with van der Waals surface area (Å²) in [6, 6.07) is 10.2. The van der Waals surface area contributed by atoms with E-state index in [4.69, 9.17) is 5.73 Å². The van der Waals surface area contributed by atoms with Crippen molar-refractivity contribution in [2.75, 3.05) is 16.4 Å². The number of anilines is 3. The predicted molar refractivity (Wildman–Crippen MR) is 173 cm³/mol. The maximum absolute atomic E-state index is 6.31. The largest absolute Gasteiger partial charge is 0.397 e. The quantitative estimate of drug-likeness (QED) is 0.163. The van der Waals surface area contributed by atoms with Crippen molar-refractivity contribution in [3.63, 3.8) is 0 Å². The van der Waals surface area contributed by atoms with Crippen LogP contribution in [0.5, 0.6) is 0 Å². The van der Waals surface area contributed by atoms with E-state index >= 15 is 0 Å². The Kier molecular flexibility index (Phi) is 10.4. The van der Waals surface area contributed by atoms with Crippen LogP contribution in [0.2, 0.25) is 0 Å². The summed E-state index contributed by atoms with van der Waals surface area (Å²) >= 11 is 1.70. The number of thiophene rings is 1. The van der Waals surface area contributed by atoms with Crippen LogP contribution in [0.4, 0.5) is 17.1 Å². The van der Waals surface area contributed by atoms with Gasteiger partial charge in [0.1, 0.15) is 0 Å². The number of hydrogen-bond donors (Lipinski definition) is 3. The number of hydrogen-bond acceptors (Lipinski definition) is 7. The van der Waals surface area contributed by atoms with E-state index in [-0.39, 0.29) is 0 Å². The van der Waals surface area contributed by atoms with Gasteiger partial charge in [0.05, 0.1) is 40.0 Å². The van der Waals surface area contributed by atoms with Gasteiger partial charge in [0.25, 0.3) is 0 Å². The van der Waals surface area contributed by atoms with Crippen molar-refractivity contribution in [2.45, 2.75) is 40.0 Å². The van der Waals surface area contributed by atoms with Crippen LogP contribution in [-0.2, 0) is 6.42 Å². The minimum Gasteiger partial charge on any atom is -0.397 e. The zero-order chi connectivity index (χ0) is 29.2. The van der Waals surface area contributed by atoms with Crippen molar-refractivity contribution in [3.05, 3.63) is 102 Å². The first-order chi connectivity index (χ1) is 19.2. The smallest absolute Gasteiger partial charge is 0.0851 e. The molecule has 0 spiro atoms.